The molecule has 0 aliphatic rings. The van der Waals surface area contributed by atoms with Gasteiger partial charge in [0.15, 0.2) is 6.10 Å². The van der Waals surface area contributed by atoms with Crippen LogP contribution in [0.25, 0.3) is 0 Å². The van der Waals surface area contributed by atoms with Crippen molar-refractivity contribution in [1.82, 2.24) is 0 Å². The van der Waals surface area contributed by atoms with Crippen molar-refractivity contribution in [1.29, 1.82) is 0 Å². The molecule has 0 rings (SSSR count). The minimum absolute atomic E-state index is 0.0336. The standard InChI is InChI=1S/C76H138NO8P/c1-6-8-10-12-14-16-18-20-22-24-26-28-29-30-31-32-33-34-35-36-37-38-39-40-41-42-43-44-45-46-47-49-51-53-55-57-59-61-63-65-67-69-76(79)85-74(73-84-86(80,81)83-71-70-77(3,4)5)72-82-75(78)68-66-64-62-60-58-56-54-52-50-48-27-25-23-21-19-17-15-13-11-9-7-2/h8,10,14,16,19-22,25-28,50,52,74H,6-7,9,11-13,15,17-18,23-24,29-49,51,53-73H2,1-5H3/b10-8-,16-14-,21-19-,22-20-,27-25-,28-26-,52-50-. The Balaban J connectivity index is 3.92. The van der Waals surface area contributed by atoms with Gasteiger partial charge in [0.25, 0.3) is 7.82 Å². The molecule has 9 nitrogen and oxygen atoms in total. The summed E-state index contributed by atoms with van der Waals surface area (Å²) >= 11 is 0. The molecule has 500 valence electrons. The van der Waals surface area contributed by atoms with Gasteiger partial charge in [0.1, 0.15) is 19.8 Å². The van der Waals surface area contributed by atoms with Crippen LogP contribution in [-0.4, -0.2) is 70.0 Å². The number of likely N-dealkylation sites (N-methyl/N-ethyl adjacent to an activating group) is 1. The van der Waals surface area contributed by atoms with Crippen molar-refractivity contribution in [2.45, 2.75) is 341 Å². The number of hydrogen-bond acceptors (Lipinski definition) is 8. The predicted molar refractivity (Wildman–Crippen MR) is 369 cm³/mol. The van der Waals surface area contributed by atoms with Crippen LogP contribution in [0.3, 0.4) is 0 Å². The van der Waals surface area contributed by atoms with Crippen LogP contribution >= 0.6 is 7.82 Å². The van der Waals surface area contributed by atoms with Crippen LogP contribution in [0.15, 0.2) is 85.1 Å². The Labute approximate surface area is 532 Å². The number of phosphoric acid groups is 1. The Morgan fingerprint density at radius 3 is 0.988 bits per heavy atom. The van der Waals surface area contributed by atoms with E-state index in [-0.39, 0.29) is 26.1 Å². The van der Waals surface area contributed by atoms with E-state index >= 15 is 0 Å². The van der Waals surface area contributed by atoms with Crippen molar-refractivity contribution in [3.63, 3.8) is 0 Å². The van der Waals surface area contributed by atoms with Gasteiger partial charge in [-0.2, -0.15) is 0 Å². The second kappa shape index (κ2) is 66.6. The highest BCUT2D eigenvalue weighted by atomic mass is 31.2. The maximum absolute atomic E-state index is 12.9. The number of quaternary nitrogens is 1. The molecule has 0 aliphatic carbocycles. The minimum Gasteiger partial charge on any atom is -0.756 e. The van der Waals surface area contributed by atoms with E-state index in [2.05, 4.69) is 98.9 Å². The Bertz CT molecular complexity index is 1730. The molecule has 0 N–H and O–H groups in total. The molecule has 10 heteroatoms. The lowest BCUT2D eigenvalue weighted by Crippen LogP contribution is -2.37. The number of rotatable bonds is 67. The van der Waals surface area contributed by atoms with Crippen molar-refractivity contribution in [2.24, 2.45) is 0 Å². The van der Waals surface area contributed by atoms with Gasteiger partial charge in [-0.1, -0.05) is 317 Å². The number of carbonyl (C=O) groups excluding carboxylic acids is 2. The fourth-order valence-electron chi connectivity index (χ4n) is 10.4. The molecule has 0 saturated carbocycles. The monoisotopic (exact) mass is 1220 g/mol. The van der Waals surface area contributed by atoms with Crippen LogP contribution in [0.5, 0.6) is 0 Å². The summed E-state index contributed by atoms with van der Waals surface area (Å²) < 4.78 is 34.3. The van der Waals surface area contributed by atoms with Crippen LogP contribution < -0.4 is 4.89 Å². The molecular formula is C76H138NO8P. The summed E-state index contributed by atoms with van der Waals surface area (Å²) in [6.07, 6.45) is 91.2. The maximum Gasteiger partial charge on any atom is 0.306 e. The van der Waals surface area contributed by atoms with E-state index in [4.69, 9.17) is 18.5 Å². The molecule has 0 fully saturated rings. The van der Waals surface area contributed by atoms with Crippen molar-refractivity contribution in [3.8, 4) is 0 Å². The number of esters is 2. The Hall–Kier alpha value is -2.81. The number of hydrogen-bond donors (Lipinski definition) is 0. The molecule has 2 unspecified atom stereocenters. The summed E-state index contributed by atoms with van der Waals surface area (Å²) in [5.74, 6) is -0.836. The highest BCUT2D eigenvalue weighted by molar-refractivity contribution is 7.45. The molecule has 0 radical (unpaired) electrons. The first kappa shape index (κ1) is 83.2. The number of phosphoric ester groups is 1. The summed E-state index contributed by atoms with van der Waals surface area (Å²) in [7, 11) is 1.17. The van der Waals surface area contributed by atoms with Crippen LogP contribution in [0, 0.1) is 0 Å². The molecule has 0 heterocycles. The lowest BCUT2D eigenvalue weighted by molar-refractivity contribution is -0.870. The van der Waals surface area contributed by atoms with Gasteiger partial charge in [-0.15, -0.1) is 0 Å². The maximum atomic E-state index is 12.9. The molecule has 0 aromatic rings. The SMILES string of the molecule is CC/C=C\C/C=C\C/C=C\C/C=C\CCCCCCCCCCCCCCCCCCCCCCCCCCCCCCC(=O)OC(COC(=O)CCCCCCCC/C=C\C/C=C\C/C=C\CCCCCCC)COP(=O)([O-])OCC[N+](C)(C)C. The van der Waals surface area contributed by atoms with Gasteiger partial charge in [0, 0.05) is 12.8 Å². The van der Waals surface area contributed by atoms with Crippen molar-refractivity contribution in [2.75, 3.05) is 47.5 Å². The summed E-state index contributed by atoms with van der Waals surface area (Å²) in [6, 6.07) is 0. The quantitative estimate of drug-likeness (QED) is 0.0195. The molecule has 0 saturated heterocycles. The Morgan fingerprint density at radius 1 is 0.372 bits per heavy atom. The van der Waals surface area contributed by atoms with Gasteiger partial charge < -0.3 is 27.9 Å². The van der Waals surface area contributed by atoms with E-state index in [1.807, 2.05) is 21.1 Å². The third kappa shape index (κ3) is 70.3. The van der Waals surface area contributed by atoms with Crippen LogP contribution in [0.4, 0.5) is 0 Å². The number of ether oxygens (including phenoxy) is 2. The molecule has 0 amide bonds. The zero-order chi connectivity index (χ0) is 62.6. The normalized spacial score (nSPS) is 13.6. The second-order valence-electron chi connectivity index (χ2n) is 25.6. The van der Waals surface area contributed by atoms with E-state index in [1.54, 1.807) is 0 Å². The smallest absolute Gasteiger partial charge is 0.306 e. The van der Waals surface area contributed by atoms with E-state index in [0.717, 1.165) is 83.5 Å². The summed E-state index contributed by atoms with van der Waals surface area (Å²) in [4.78, 5) is 38.0. The average Bonchev–Trinajstić information content (AvgIpc) is 3.70. The van der Waals surface area contributed by atoms with E-state index < -0.39 is 32.5 Å². The van der Waals surface area contributed by atoms with Crippen LogP contribution in [-0.2, 0) is 32.7 Å². The second-order valence-corrected chi connectivity index (χ2v) is 27.0. The Morgan fingerprint density at radius 2 is 0.663 bits per heavy atom. The van der Waals surface area contributed by atoms with Gasteiger partial charge in [-0.25, -0.2) is 0 Å². The predicted octanol–water partition coefficient (Wildman–Crippen LogP) is 23.1. The van der Waals surface area contributed by atoms with Gasteiger partial charge in [-0.3, -0.25) is 14.2 Å². The summed E-state index contributed by atoms with van der Waals surface area (Å²) in [5.41, 5.74) is 0. The molecule has 0 aliphatic heterocycles. The zero-order valence-electron chi connectivity index (χ0n) is 57.0. The third-order valence-electron chi connectivity index (χ3n) is 15.9. The molecule has 0 aromatic carbocycles. The molecule has 2 atom stereocenters. The Kier molecular flexibility index (Phi) is 64.4. The van der Waals surface area contributed by atoms with Crippen LogP contribution in [0.1, 0.15) is 335 Å². The molecule has 86 heavy (non-hydrogen) atoms. The molecular weight excluding hydrogens is 1090 g/mol. The summed E-state index contributed by atoms with van der Waals surface area (Å²) in [5, 5.41) is 0. The fourth-order valence-corrected chi connectivity index (χ4v) is 11.1. The highest BCUT2D eigenvalue weighted by Crippen LogP contribution is 2.38. The number of unbranched alkanes of at least 4 members (excludes halogenated alkanes) is 39. The van der Waals surface area contributed by atoms with Gasteiger partial charge in [0.2, 0.25) is 0 Å². The topological polar surface area (TPSA) is 111 Å². The first-order valence-electron chi connectivity index (χ1n) is 36.3. The van der Waals surface area contributed by atoms with Gasteiger partial charge in [0.05, 0.1) is 27.7 Å². The van der Waals surface area contributed by atoms with E-state index in [9.17, 15) is 19.0 Å². The third-order valence-corrected chi connectivity index (χ3v) is 16.9. The molecule has 0 spiro atoms. The molecule has 0 bridgehead atoms. The van der Waals surface area contributed by atoms with Crippen molar-refractivity contribution >= 4 is 19.8 Å². The zero-order valence-corrected chi connectivity index (χ0v) is 57.9. The van der Waals surface area contributed by atoms with Gasteiger partial charge in [-0.05, 0) is 89.9 Å². The minimum atomic E-state index is -4.65. The lowest BCUT2D eigenvalue weighted by Gasteiger charge is -2.28. The fraction of sp³-hybridized carbons (Fsp3) is 0.789. The largest absolute Gasteiger partial charge is 0.756 e. The first-order chi connectivity index (χ1) is 42.0. The highest BCUT2D eigenvalue weighted by Gasteiger charge is 2.22. The number of allylic oxidation sites excluding steroid dienone is 14. The van der Waals surface area contributed by atoms with Gasteiger partial charge >= 0.3 is 11.9 Å². The number of carbonyl (C=O) groups is 2. The number of nitrogens with zero attached hydrogens (tertiary/aromatic N) is 1. The average molecular weight is 1220 g/mol. The van der Waals surface area contributed by atoms with Crippen LogP contribution in [0.2, 0.25) is 0 Å². The van der Waals surface area contributed by atoms with Crippen molar-refractivity contribution in [3.05, 3.63) is 85.1 Å². The summed E-state index contributed by atoms with van der Waals surface area (Å²) in [6.45, 7) is 4.14. The van der Waals surface area contributed by atoms with E-state index in [1.165, 1.54) is 212 Å². The van der Waals surface area contributed by atoms with E-state index in [0.29, 0.717) is 23.9 Å². The lowest BCUT2D eigenvalue weighted by atomic mass is 10.0. The molecule has 0 aromatic heterocycles. The van der Waals surface area contributed by atoms with Crippen molar-refractivity contribution < 1.29 is 42.1 Å². The first-order valence-corrected chi connectivity index (χ1v) is 37.8.